The molecule has 1 heterocycles. The molecule has 8 heteroatoms. The lowest BCUT2D eigenvalue weighted by Crippen LogP contribution is -2.38. The number of hydrogen-bond acceptors (Lipinski definition) is 6. The lowest BCUT2D eigenvalue weighted by Gasteiger charge is -2.04. The quantitative estimate of drug-likeness (QED) is 0.773. The lowest BCUT2D eigenvalue weighted by molar-refractivity contribution is -0.126. The Kier molecular flexibility index (Phi) is 4.74. The third-order valence-electron chi connectivity index (χ3n) is 3.52. The highest BCUT2D eigenvalue weighted by Gasteiger charge is 2.23. The zero-order valence-corrected chi connectivity index (χ0v) is 13.2. The zero-order chi connectivity index (χ0) is 16.9. The van der Waals surface area contributed by atoms with E-state index in [-0.39, 0.29) is 36.7 Å². The Balaban J connectivity index is 1.50. The first kappa shape index (κ1) is 16.0. The molecule has 1 aliphatic rings. The number of ether oxygens (including phenoxy) is 1. The molecule has 0 bridgehead atoms. The van der Waals surface area contributed by atoms with Crippen LogP contribution in [0.25, 0.3) is 11.4 Å². The number of benzene rings is 1. The molecule has 0 saturated heterocycles. The van der Waals surface area contributed by atoms with Crippen molar-refractivity contribution in [3.8, 4) is 17.1 Å². The van der Waals surface area contributed by atoms with Gasteiger partial charge >= 0.3 is 0 Å². The molecule has 0 atom stereocenters. The predicted molar refractivity (Wildman–Crippen MR) is 84.2 cm³/mol. The third kappa shape index (κ3) is 4.31. The van der Waals surface area contributed by atoms with Gasteiger partial charge in [0, 0.05) is 11.6 Å². The molecule has 1 fully saturated rings. The molecule has 1 aromatic carbocycles. The van der Waals surface area contributed by atoms with E-state index in [4.69, 9.17) is 9.26 Å². The van der Waals surface area contributed by atoms with Crippen LogP contribution >= 0.6 is 0 Å². The first-order valence-electron chi connectivity index (χ1n) is 7.67. The monoisotopic (exact) mass is 330 g/mol. The molecule has 0 spiro atoms. The van der Waals surface area contributed by atoms with Gasteiger partial charge in [-0.25, -0.2) is 0 Å². The smallest absolute Gasteiger partial charge is 0.239 e. The van der Waals surface area contributed by atoms with Crippen molar-refractivity contribution in [2.75, 3.05) is 13.7 Å². The van der Waals surface area contributed by atoms with Crippen molar-refractivity contribution in [2.45, 2.75) is 25.3 Å². The Labute approximate surface area is 138 Å². The number of rotatable bonds is 7. The molecular weight excluding hydrogens is 312 g/mol. The molecule has 1 saturated carbocycles. The Morgan fingerprint density at radius 1 is 1.25 bits per heavy atom. The van der Waals surface area contributed by atoms with Crippen LogP contribution in [0.2, 0.25) is 0 Å². The van der Waals surface area contributed by atoms with Gasteiger partial charge in [-0.3, -0.25) is 9.59 Å². The molecule has 0 radical (unpaired) electrons. The molecule has 0 unspecified atom stereocenters. The minimum Gasteiger partial charge on any atom is -0.497 e. The largest absolute Gasteiger partial charge is 0.497 e. The third-order valence-corrected chi connectivity index (χ3v) is 3.52. The van der Waals surface area contributed by atoms with Gasteiger partial charge in [-0.05, 0) is 37.1 Å². The summed E-state index contributed by atoms with van der Waals surface area (Å²) in [7, 11) is 1.59. The van der Waals surface area contributed by atoms with Gasteiger partial charge in [0.15, 0.2) is 0 Å². The van der Waals surface area contributed by atoms with Gasteiger partial charge in [-0.2, -0.15) is 4.98 Å². The summed E-state index contributed by atoms with van der Waals surface area (Å²) in [6.45, 7) is -0.0468. The average molecular weight is 330 g/mol. The summed E-state index contributed by atoms with van der Waals surface area (Å²) >= 11 is 0. The van der Waals surface area contributed by atoms with Crippen molar-refractivity contribution < 1.29 is 18.8 Å². The number of hydrogen-bond donors (Lipinski definition) is 2. The van der Waals surface area contributed by atoms with E-state index in [1.165, 1.54) is 0 Å². The molecule has 24 heavy (non-hydrogen) atoms. The Hall–Kier alpha value is -2.90. The van der Waals surface area contributed by atoms with Crippen LogP contribution in [0.1, 0.15) is 18.7 Å². The van der Waals surface area contributed by atoms with E-state index >= 15 is 0 Å². The standard InChI is InChI=1S/C16H18N4O4/c1-23-12-6-2-10(3-7-12)16-19-15(24-20-16)8-13(21)17-9-14(22)18-11-4-5-11/h2-3,6-7,11H,4-5,8-9H2,1H3,(H,17,21)(H,18,22). The fourth-order valence-corrected chi connectivity index (χ4v) is 2.07. The number of nitrogens with zero attached hydrogens (tertiary/aromatic N) is 2. The van der Waals surface area contributed by atoms with E-state index in [9.17, 15) is 9.59 Å². The van der Waals surface area contributed by atoms with Crippen molar-refractivity contribution in [1.82, 2.24) is 20.8 Å². The summed E-state index contributed by atoms with van der Waals surface area (Å²) in [6, 6.07) is 7.45. The Bertz CT molecular complexity index is 722. The topological polar surface area (TPSA) is 106 Å². The van der Waals surface area contributed by atoms with E-state index < -0.39 is 0 Å². The first-order chi connectivity index (χ1) is 11.6. The summed E-state index contributed by atoms with van der Waals surface area (Å²) in [6.07, 6.45) is 1.95. The van der Waals surface area contributed by atoms with E-state index in [1.807, 2.05) is 0 Å². The van der Waals surface area contributed by atoms with Crippen LogP contribution in [0.5, 0.6) is 5.75 Å². The van der Waals surface area contributed by atoms with E-state index in [0.29, 0.717) is 5.82 Å². The molecule has 1 aromatic heterocycles. The van der Waals surface area contributed by atoms with E-state index in [0.717, 1.165) is 24.2 Å². The van der Waals surface area contributed by atoms with Crippen LogP contribution in [0, 0.1) is 0 Å². The van der Waals surface area contributed by atoms with Gasteiger partial charge in [0.1, 0.15) is 12.2 Å². The van der Waals surface area contributed by atoms with Gasteiger partial charge < -0.3 is 19.9 Å². The molecule has 2 aromatic rings. The molecule has 126 valence electrons. The van der Waals surface area contributed by atoms with Crippen molar-refractivity contribution in [3.63, 3.8) is 0 Å². The molecule has 2 N–H and O–H groups in total. The van der Waals surface area contributed by atoms with Gasteiger partial charge in [-0.15, -0.1) is 0 Å². The highest BCUT2D eigenvalue weighted by Crippen LogP contribution is 2.20. The summed E-state index contributed by atoms with van der Waals surface area (Å²) in [5.74, 6) is 0.792. The van der Waals surface area contributed by atoms with Crippen molar-refractivity contribution in [2.24, 2.45) is 0 Å². The average Bonchev–Trinajstić information content (AvgIpc) is 3.28. The van der Waals surface area contributed by atoms with Crippen LogP contribution in [-0.4, -0.2) is 41.7 Å². The number of carbonyl (C=O) groups is 2. The van der Waals surface area contributed by atoms with Gasteiger partial charge in [0.25, 0.3) is 0 Å². The summed E-state index contributed by atoms with van der Waals surface area (Å²) in [5, 5.41) is 9.18. The molecule has 1 aliphatic carbocycles. The second kappa shape index (κ2) is 7.12. The molecule has 3 rings (SSSR count). The van der Waals surface area contributed by atoms with Crippen LogP contribution < -0.4 is 15.4 Å². The second-order valence-electron chi connectivity index (χ2n) is 5.54. The number of methoxy groups -OCH3 is 1. The maximum Gasteiger partial charge on any atom is 0.239 e. The minimum absolute atomic E-state index is 0.0468. The number of aromatic nitrogens is 2. The van der Waals surface area contributed by atoms with Crippen molar-refractivity contribution >= 4 is 11.8 Å². The highest BCUT2D eigenvalue weighted by molar-refractivity contribution is 5.85. The summed E-state index contributed by atoms with van der Waals surface area (Å²) in [4.78, 5) is 27.5. The maximum atomic E-state index is 11.8. The Morgan fingerprint density at radius 3 is 2.67 bits per heavy atom. The fourth-order valence-electron chi connectivity index (χ4n) is 2.07. The first-order valence-corrected chi connectivity index (χ1v) is 7.67. The summed E-state index contributed by atoms with van der Waals surface area (Å²) < 4.78 is 10.2. The van der Waals surface area contributed by atoms with Gasteiger partial charge in [0.05, 0.1) is 13.7 Å². The van der Waals surface area contributed by atoms with Crippen LogP contribution in [0.3, 0.4) is 0 Å². The van der Waals surface area contributed by atoms with Crippen LogP contribution in [0.15, 0.2) is 28.8 Å². The number of nitrogens with one attached hydrogen (secondary N) is 2. The maximum absolute atomic E-state index is 11.8. The lowest BCUT2D eigenvalue weighted by atomic mass is 10.2. The van der Waals surface area contributed by atoms with Crippen LogP contribution in [-0.2, 0) is 16.0 Å². The second-order valence-corrected chi connectivity index (χ2v) is 5.54. The van der Waals surface area contributed by atoms with Crippen LogP contribution in [0.4, 0.5) is 0 Å². The van der Waals surface area contributed by atoms with Gasteiger partial charge in [0.2, 0.25) is 23.5 Å². The van der Waals surface area contributed by atoms with Crippen molar-refractivity contribution in [1.29, 1.82) is 0 Å². The SMILES string of the molecule is COc1ccc(-c2noc(CC(=O)NCC(=O)NC3CC3)n2)cc1. The number of amides is 2. The van der Waals surface area contributed by atoms with E-state index in [2.05, 4.69) is 20.8 Å². The van der Waals surface area contributed by atoms with Gasteiger partial charge in [-0.1, -0.05) is 5.16 Å². The molecular formula is C16H18N4O4. The van der Waals surface area contributed by atoms with Crippen molar-refractivity contribution in [3.05, 3.63) is 30.2 Å². The number of carbonyl (C=O) groups excluding carboxylic acids is 2. The predicted octanol–water partition coefficient (Wildman–Crippen LogP) is 0.682. The minimum atomic E-state index is -0.342. The zero-order valence-electron chi connectivity index (χ0n) is 13.2. The fraction of sp³-hybridized carbons (Fsp3) is 0.375. The van der Waals surface area contributed by atoms with E-state index in [1.54, 1.807) is 31.4 Å². The molecule has 2 amide bonds. The summed E-state index contributed by atoms with van der Waals surface area (Å²) in [5.41, 5.74) is 0.759. The molecule has 0 aliphatic heterocycles. The normalized spacial score (nSPS) is 13.4. The Morgan fingerprint density at radius 2 is 2.00 bits per heavy atom. The highest BCUT2D eigenvalue weighted by atomic mass is 16.5. The molecule has 8 nitrogen and oxygen atoms in total.